The molecule has 0 aromatic heterocycles. The van der Waals surface area contributed by atoms with Gasteiger partial charge in [-0.1, -0.05) is 20.8 Å². The van der Waals surface area contributed by atoms with Crippen LogP contribution in [0.25, 0.3) is 0 Å². The van der Waals surface area contributed by atoms with Crippen molar-refractivity contribution in [2.45, 2.75) is 97.6 Å². The Morgan fingerprint density at radius 1 is 0.960 bits per heavy atom. The maximum absolute atomic E-state index is 10.4. The summed E-state index contributed by atoms with van der Waals surface area (Å²) in [5.41, 5.74) is 1.01. The number of aliphatic hydroxyl groups excluding tert-OH is 1. The van der Waals surface area contributed by atoms with Crippen LogP contribution in [0.3, 0.4) is 0 Å². The first-order chi connectivity index (χ1) is 11.9. The van der Waals surface area contributed by atoms with E-state index < -0.39 is 0 Å². The fourth-order valence-electron chi connectivity index (χ4n) is 8.57. The van der Waals surface area contributed by atoms with E-state index in [0.717, 1.165) is 36.3 Å². The summed E-state index contributed by atoms with van der Waals surface area (Å²) in [6.07, 6.45) is 12.5. The van der Waals surface area contributed by atoms with Gasteiger partial charge in [-0.15, -0.1) is 0 Å². The van der Waals surface area contributed by atoms with Gasteiger partial charge in [0.1, 0.15) is 0 Å². The summed E-state index contributed by atoms with van der Waals surface area (Å²) in [7, 11) is 0. The van der Waals surface area contributed by atoms with E-state index in [1.165, 1.54) is 57.8 Å². The minimum Gasteiger partial charge on any atom is -0.393 e. The van der Waals surface area contributed by atoms with Gasteiger partial charge in [0, 0.05) is 6.04 Å². The van der Waals surface area contributed by atoms with Gasteiger partial charge < -0.3 is 10.4 Å². The maximum Gasteiger partial charge on any atom is 0.0545 e. The molecule has 0 amide bonds. The minimum absolute atomic E-state index is 0.117. The molecule has 0 saturated heterocycles. The summed E-state index contributed by atoms with van der Waals surface area (Å²) in [4.78, 5) is 0. The zero-order valence-electron chi connectivity index (χ0n) is 17.1. The van der Waals surface area contributed by atoms with Crippen LogP contribution < -0.4 is 5.32 Å². The normalized spacial score (nSPS) is 53.6. The summed E-state index contributed by atoms with van der Waals surface area (Å²) in [5.74, 6) is 4.28. The van der Waals surface area contributed by atoms with Crippen LogP contribution in [0.5, 0.6) is 0 Å². The Morgan fingerprint density at radius 2 is 1.68 bits per heavy atom. The zero-order chi connectivity index (χ0) is 17.8. The first-order valence-electron chi connectivity index (χ1n) is 11.3. The third kappa shape index (κ3) is 2.73. The largest absolute Gasteiger partial charge is 0.393 e. The van der Waals surface area contributed by atoms with Crippen molar-refractivity contribution in [1.82, 2.24) is 5.32 Å². The van der Waals surface area contributed by atoms with Gasteiger partial charge >= 0.3 is 0 Å². The summed E-state index contributed by atoms with van der Waals surface area (Å²) < 4.78 is 0. The molecule has 0 bridgehead atoms. The van der Waals surface area contributed by atoms with Crippen LogP contribution in [0, 0.1) is 40.4 Å². The van der Waals surface area contributed by atoms with Crippen molar-refractivity contribution in [3.05, 3.63) is 0 Å². The Morgan fingerprint density at radius 3 is 2.40 bits per heavy atom. The predicted molar refractivity (Wildman–Crippen MR) is 104 cm³/mol. The average molecular weight is 348 g/mol. The molecule has 0 aromatic rings. The Balaban J connectivity index is 1.54. The van der Waals surface area contributed by atoms with Crippen molar-refractivity contribution in [3.63, 3.8) is 0 Å². The van der Waals surface area contributed by atoms with Gasteiger partial charge in [0.05, 0.1) is 6.10 Å². The third-order valence-corrected chi connectivity index (χ3v) is 9.81. The molecular formula is C23H41NO. The highest BCUT2D eigenvalue weighted by atomic mass is 16.3. The third-order valence-electron chi connectivity index (χ3n) is 9.81. The van der Waals surface area contributed by atoms with Crippen molar-refractivity contribution < 1.29 is 5.11 Å². The van der Waals surface area contributed by atoms with Crippen LogP contribution in [0.15, 0.2) is 0 Å². The summed E-state index contributed by atoms with van der Waals surface area (Å²) in [6.45, 7) is 10.6. The Hall–Kier alpha value is -0.0800. The number of nitrogens with one attached hydrogen (secondary N) is 1. The SMILES string of the molecule is CCNC1CC[C@@]2(C)C(CC[C@H]3[C@@H]4CC[C@H]([C@H](C)O)[C@@]4(C)CC[C@@H]32)C1. The molecule has 144 valence electrons. The predicted octanol–water partition coefficient (Wildman–Crippen LogP) is 5.00. The van der Waals surface area contributed by atoms with E-state index >= 15 is 0 Å². The molecule has 2 N–H and O–H groups in total. The Bertz CT molecular complexity index is 490. The highest BCUT2D eigenvalue weighted by molar-refractivity contribution is 5.10. The second kappa shape index (κ2) is 6.51. The number of hydrogen-bond acceptors (Lipinski definition) is 2. The first-order valence-corrected chi connectivity index (χ1v) is 11.3. The molecule has 0 aliphatic heterocycles. The van der Waals surface area contributed by atoms with E-state index in [1.807, 2.05) is 6.92 Å². The smallest absolute Gasteiger partial charge is 0.0545 e. The molecule has 4 saturated carbocycles. The van der Waals surface area contributed by atoms with Crippen LogP contribution in [0.1, 0.15) is 85.5 Å². The van der Waals surface area contributed by atoms with Gasteiger partial charge in [-0.25, -0.2) is 0 Å². The zero-order valence-corrected chi connectivity index (χ0v) is 17.1. The summed E-state index contributed by atoms with van der Waals surface area (Å²) in [6, 6.07) is 0.777. The van der Waals surface area contributed by atoms with Crippen molar-refractivity contribution in [3.8, 4) is 0 Å². The van der Waals surface area contributed by atoms with Crippen LogP contribution in [-0.4, -0.2) is 23.8 Å². The first kappa shape index (κ1) is 18.3. The van der Waals surface area contributed by atoms with Gasteiger partial charge in [-0.05, 0) is 112 Å². The van der Waals surface area contributed by atoms with Gasteiger partial charge in [0.2, 0.25) is 0 Å². The van der Waals surface area contributed by atoms with Crippen molar-refractivity contribution in [2.24, 2.45) is 40.4 Å². The second-order valence-corrected chi connectivity index (χ2v) is 10.7. The molecule has 4 fully saturated rings. The van der Waals surface area contributed by atoms with E-state index in [-0.39, 0.29) is 6.10 Å². The average Bonchev–Trinajstić information content (AvgIpc) is 2.93. The van der Waals surface area contributed by atoms with Crippen LogP contribution >= 0.6 is 0 Å². The van der Waals surface area contributed by atoms with Crippen molar-refractivity contribution >= 4 is 0 Å². The minimum atomic E-state index is -0.117. The fourth-order valence-corrected chi connectivity index (χ4v) is 8.57. The lowest BCUT2D eigenvalue weighted by Crippen LogP contribution is -2.55. The van der Waals surface area contributed by atoms with Crippen molar-refractivity contribution in [1.29, 1.82) is 0 Å². The summed E-state index contributed by atoms with van der Waals surface area (Å²) in [5, 5.41) is 14.1. The van der Waals surface area contributed by atoms with Crippen LogP contribution in [0.4, 0.5) is 0 Å². The lowest BCUT2D eigenvalue weighted by molar-refractivity contribution is -0.121. The van der Waals surface area contributed by atoms with E-state index in [2.05, 4.69) is 26.1 Å². The molecule has 9 atom stereocenters. The van der Waals surface area contributed by atoms with E-state index in [0.29, 0.717) is 16.7 Å². The second-order valence-electron chi connectivity index (χ2n) is 10.7. The van der Waals surface area contributed by atoms with Gasteiger partial charge in [0.15, 0.2) is 0 Å². The Kier molecular flexibility index (Phi) is 4.77. The molecule has 2 unspecified atom stereocenters. The number of aliphatic hydroxyl groups is 1. The molecule has 0 aromatic carbocycles. The molecule has 0 radical (unpaired) electrons. The highest BCUT2D eigenvalue weighted by Crippen LogP contribution is 2.67. The number of rotatable bonds is 3. The lowest BCUT2D eigenvalue weighted by atomic mass is 9.44. The quantitative estimate of drug-likeness (QED) is 0.752. The van der Waals surface area contributed by atoms with E-state index in [9.17, 15) is 5.11 Å². The molecule has 0 spiro atoms. The topological polar surface area (TPSA) is 32.3 Å². The molecule has 25 heavy (non-hydrogen) atoms. The molecule has 2 heteroatoms. The maximum atomic E-state index is 10.4. The fraction of sp³-hybridized carbons (Fsp3) is 1.00. The number of fused-ring (bicyclic) bond motifs is 5. The lowest BCUT2D eigenvalue weighted by Gasteiger charge is -2.61. The van der Waals surface area contributed by atoms with E-state index in [4.69, 9.17) is 0 Å². The van der Waals surface area contributed by atoms with Crippen molar-refractivity contribution in [2.75, 3.05) is 6.54 Å². The highest BCUT2D eigenvalue weighted by Gasteiger charge is 2.60. The Labute approximate surface area is 155 Å². The molecule has 2 nitrogen and oxygen atoms in total. The van der Waals surface area contributed by atoms with Crippen LogP contribution in [-0.2, 0) is 0 Å². The molecule has 4 aliphatic rings. The molecule has 4 rings (SSSR count). The van der Waals surface area contributed by atoms with Crippen LogP contribution in [0.2, 0.25) is 0 Å². The molecule has 0 heterocycles. The molecule has 4 aliphatic carbocycles. The molecular weight excluding hydrogens is 306 g/mol. The van der Waals surface area contributed by atoms with Gasteiger partial charge in [-0.2, -0.15) is 0 Å². The van der Waals surface area contributed by atoms with Gasteiger partial charge in [0.25, 0.3) is 0 Å². The number of hydrogen-bond donors (Lipinski definition) is 2. The summed E-state index contributed by atoms with van der Waals surface area (Å²) >= 11 is 0. The standard InChI is InChI=1S/C23H41NO/c1-5-24-17-10-12-22(3)16(14-17)6-7-18-20-9-8-19(15(2)25)23(20,4)13-11-21(18)22/h15-21,24-25H,5-14H2,1-4H3/t15-,16?,17?,18-,19+,20-,21-,22-,23+/m0/s1. The van der Waals surface area contributed by atoms with E-state index in [1.54, 1.807) is 0 Å². The van der Waals surface area contributed by atoms with Gasteiger partial charge in [-0.3, -0.25) is 0 Å². The monoisotopic (exact) mass is 347 g/mol.